The number of halogens is 1. The van der Waals surface area contributed by atoms with Crippen LogP contribution in [0, 0.1) is 5.92 Å². The summed E-state index contributed by atoms with van der Waals surface area (Å²) in [6, 6.07) is 7.69. The van der Waals surface area contributed by atoms with Crippen LogP contribution in [0.1, 0.15) is 12.8 Å². The highest BCUT2D eigenvalue weighted by Gasteiger charge is 2.36. The van der Waals surface area contributed by atoms with Crippen LogP contribution >= 0.6 is 11.6 Å². The van der Waals surface area contributed by atoms with Gasteiger partial charge in [-0.1, -0.05) is 17.7 Å². The predicted molar refractivity (Wildman–Crippen MR) is 76.6 cm³/mol. The molecule has 0 spiro atoms. The zero-order chi connectivity index (χ0) is 13.2. The highest BCUT2D eigenvalue weighted by atomic mass is 35.5. The number of fused-ring (bicyclic) bond motifs is 1. The summed E-state index contributed by atoms with van der Waals surface area (Å²) in [5.74, 6) is 0.610. The lowest BCUT2D eigenvalue weighted by Gasteiger charge is -2.24. The maximum Gasteiger partial charge on any atom is 0.321 e. The van der Waals surface area contributed by atoms with Crippen molar-refractivity contribution in [3.05, 3.63) is 29.3 Å². The van der Waals surface area contributed by atoms with Crippen molar-refractivity contribution in [2.45, 2.75) is 18.9 Å². The van der Waals surface area contributed by atoms with Crippen molar-refractivity contribution >= 4 is 23.3 Å². The van der Waals surface area contributed by atoms with Crippen LogP contribution in [0.25, 0.3) is 0 Å². The van der Waals surface area contributed by atoms with E-state index in [1.165, 1.54) is 12.8 Å². The summed E-state index contributed by atoms with van der Waals surface area (Å²) >= 11 is 5.91. The number of nitrogens with zero attached hydrogens (tertiary/aromatic N) is 1. The zero-order valence-electron chi connectivity index (χ0n) is 10.7. The van der Waals surface area contributed by atoms with Gasteiger partial charge in [0.05, 0.1) is 0 Å². The number of benzene rings is 1. The molecule has 2 saturated heterocycles. The van der Waals surface area contributed by atoms with Gasteiger partial charge in [0, 0.05) is 29.8 Å². The number of rotatable bonds is 1. The van der Waals surface area contributed by atoms with Crippen molar-refractivity contribution in [3.8, 4) is 0 Å². The molecule has 0 radical (unpaired) electrons. The molecular formula is C14H18ClN3O. The van der Waals surface area contributed by atoms with E-state index in [0.717, 1.165) is 25.3 Å². The molecule has 3 rings (SSSR count). The third-order valence-electron chi connectivity index (χ3n) is 3.96. The van der Waals surface area contributed by atoms with Gasteiger partial charge in [0.1, 0.15) is 0 Å². The molecule has 0 aromatic heterocycles. The minimum absolute atomic E-state index is 0.0292. The molecule has 5 heteroatoms. The van der Waals surface area contributed by atoms with Gasteiger partial charge < -0.3 is 15.5 Å². The van der Waals surface area contributed by atoms with E-state index in [2.05, 4.69) is 10.6 Å². The van der Waals surface area contributed by atoms with E-state index >= 15 is 0 Å². The molecule has 19 heavy (non-hydrogen) atoms. The van der Waals surface area contributed by atoms with Crippen LogP contribution in [-0.2, 0) is 0 Å². The largest absolute Gasteiger partial charge is 0.323 e. The highest BCUT2D eigenvalue weighted by molar-refractivity contribution is 6.30. The SMILES string of the molecule is O=C(Nc1cccc(Cl)c1)N1CC2CCCNC2C1. The van der Waals surface area contributed by atoms with Crippen molar-refractivity contribution in [1.82, 2.24) is 10.2 Å². The number of hydrogen-bond acceptors (Lipinski definition) is 2. The average Bonchev–Trinajstić information content (AvgIpc) is 2.82. The van der Waals surface area contributed by atoms with Crippen LogP contribution in [-0.4, -0.2) is 36.6 Å². The molecule has 4 nitrogen and oxygen atoms in total. The Kier molecular flexibility index (Phi) is 3.62. The molecule has 0 bridgehead atoms. The lowest BCUT2D eigenvalue weighted by molar-refractivity contribution is 0.220. The molecule has 1 aromatic carbocycles. The Hall–Kier alpha value is -1.26. The molecule has 2 amide bonds. The molecule has 2 heterocycles. The van der Waals surface area contributed by atoms with Crippen LogP contribution in [0.2, 0.25) is 5.02 Å². The van der Waals surface area contributed by atoms with Gasteiger partial charge in [-0.05, 0) is 43.5 Å². The van der Waals surface area contributed by atoms with Crippen molar-refractivity contribution in [2.75, 3.05) is 25.0 Å². The molecular weight excluding hydrogens is 262 g/mol. The predicted octanol–water partition coefficient (Wildman–Crippen LogP) is 2.56. The second kappa shape index (κ2) is 5.39. The summed E-state index contributed by atoms with van der Waals surface area (Å²) in [4.78, 5) is 14.1. The minimum atomic E-state index is -0.0292. The fourth-order valence-corrected chi connectivity index (χ4v) is 3.17. The quantitative estimate of drug-likeness (QED) is 0.830. The van der Waals surface area contributed by atoms with Gasteiger partial charge in [0.2, 0.25) is 0 Å². The molecule has 0 saturated carbocycles. The first-order valence-electron chi connectivity index (χ1n) is 6.77. The van der Waals surface area contributed by atoms with E-state index in [0.29, 0.717) is 17.0 Å². The Balaban J connectivity index is 1.62. The van der Waals surface area contributed by atoms with Crippen molar-refractivity contribution in [2.24, 2.45) is 5.92 Å². The number of amides is 2. The van der Waals surface area contributed by atoms with Gasteiger partial charge in [-0.25, -0.2) is 4.79 Å². The first kappa shape index (κ1) is 12.8. The number of piperidine rings is 1. The number of anilines is 1. The maximum atomic E-state index is 12.2. The lowest BCUT2D eigenvalue weighted by atomic mass is 9.94. The second-order valence-electron chi connectivity index (χ2n) is 5.31. The number of carbonyl (C=O) groups excluding carboxylic acids is 1. The Morgan fingerprint density at radius 2 is 2.32 bits per heavy atom. The molecule has 2 aliphatic rings. The molecule has 0 aliphatic carbocycles. The van der Waals surface area contributed by atoms with Crippen LogP contribution in [0.15, 0.2) is 24.3 Å². The highest BCUT2D eigenvalue weighted by Crippen LogP contribution is 2.25. The minimum Gasteiger partial charge on any atom is -0.323 e. The first-order valence-corrected chi connectivity index (χ1v) is 7.15. The van der Waals surface area contributed by atoms with Crippen LogP contribution in [0.3, 0.4) is 0 Å². The van der Waals surface area contributed by atoms with E-state index < -0.39 is 0 Å². The number of carbonyl (C=O) groups is 1. The Morgan fingerprint density at radius 1 is 1.42 bits per heavy atom. The molecule has 2 N–H and O–H groups in total. The number of nitrogens with one attached hydrogen (secondary N) is 2. The molecule has 2 aliphatic heterocycles. The summed E-state index contributed by atoms with van der Waals surface area (Å²) in [7, 11) is 0. The topological polar surface area (TPSA) is 44.4 Å². The van der Waals surface area contributed by atoms with Crippen LogP contribution < -0.4 is 10.6 Å². The second-order valence-corrected chi connectivity index (χ2v) is 5.74. The Morgan fingerprint density at radius 3 is 3.11 bits per heavy atom. The van der Waals surface area contributed by atoms with Gasteiger partial charge in [-0.2, -0.15) is 0 Å². The van der Waals surface area contributed by atoms with Crippen molar-refractivity contribution in [3.63, 3.8) is 0 Å². The summed E-state index contributed by atoms with van der Waals surface area (Å²) in [5.41, 5.74) is 0.750. The Bertz CT molecular complexity index is 466. The third-order valence-corrected chi connectivity index (χ3v) is 4.20. The van der Waals surface area contributed by atoms with Gasteiger partial charge in [-0.15, -0.1) is 0 Å². The van der Waals surface area contributed by atoms with E-state index in [9.17, 15) is 4.79 Å². The van der Waals surface area contributed by atoms with Gasteiger partial charge in [-0.3, -0.25) is 0 Å². The summed E-state index contributed by atoms with van der Waals surface area (Å²) in [6.07, 6.45) is 2.43. The number of likely N-dealkylation sites (tertiary alicyclic amines) is 1. The molecule has 102 valence electrons. The number of hydrogen-bond donors (Lipinski definition) is 2. The molecule has 2 fully saturated rings. The number of urea groups is 1. The molecule has 2 unspecified atom stereocenters. The van der Waals surface area contributed by atoms with Crippen LogP contribution in [0.4, 0.5) is 10.5 Å². The van der Waals surface area contributed by atoms with Crippen LogP contribution in [0.5, 0.6) is 0 Å². The van der Waals surface area contributed by atoms with Gasteiger partial charge >= 0.3 is 6.03 Å². The van der Waals surface area contributed by atoms with Crippen molar-refractivity contribution < 1.29 is 4.79 Å². The zero-order valence-corrected chi connectivity index (χ0v) is 11.5. The standard InChI is InChI=1S/C14H18ClN3O/c15-11-4-1-5-12(7-11)17-14(19)18-8-10-3-2-6-16-13(10)9-18/h1,4-5,7,10,13,16H,2-3,6,8-9H2,(H,17,19). The maximum absolute atomic E-state index is 12.2. The smallest absolute Gasteiger partial charge is 0.321 e. The molecule has 2 atom stereocenters. The van der Waals surface area contributed by atoms with Crippen molar-refractivity contribution in [1.29, 1.82) is 0 Å². The summed E-state index contributed by atoms with van der Waals surface area (Å²) in [6.45, 7) is 2.73. The lowest BCUT2D eigenvalue weighted by Crippen LogP contribution is -2.41. The van der Waals surface area contributed by atoms with Gasteiger partial charge in [0.15, 0.2) is 0 Å². The van der Waals surface area contributed by atoms with E-state index in [1.54, 1.807) is 12.1 Å². The van der Waals surface area contributed by atoms with E-state index in [4.69, 9.17) is 11.6 Å². The summed E-state index contributed by atoms with van der Waals surface area (Å²) < 4.78 is 0. The summed E-state index contributed by atoms with van der Waals surface area (Å²) in [5, 5.41) is 7.04. The first-order chi connectivity index (χ1) is 9.22. The normalized spacial score (nSPS) is 26.1. The average molecular weight is 280 g/mol. The Labute approximate surface area is 118 Å². The van der Waals surface area contributed by atoms with E-state index in [-0.39, 0.29) is 6.03 Å². The fraction of sp³-hybridized carbons (Fsp3) is 0.500. The monoisotopic (exact) mass is 279 g/mol. The fourth-order valence-electron chi connectivity index (χ4n) is 2.98. The van der Waals surface area contributed by atoms with Gasteiger partial charge in [0.25, 0.3) is 0 Å². The van der Waals surface area contributed by atoms with E-state index in [1.807, 2.05) is 17.0 Å². The third kappa shape index (κ3) is 2.85. The molecule has 1 aromatic rings.